The van der Waals surface area contributed by atoms with Crippen LogP contribution >= 0.6 is 0 Å². The third kappa shape index (κ3) is 2.51. The van der Waals surface area contributed by atoms with E-state index in [0.717, 1.165) is 12.3 Å². The molecule has 1 aliphatic heterocycles. The Kier molecular flexibility index (Phi) is 3.60. The maximum absolute atomic E-state index is 12.6. The predicted octanol–water partition coefficient (Wildman–Crippen LogP) is 1.99. The molecule has 1 N–H and O–H groups in total. The van der Waals surface area contributed by atoms with Gasteiger partial charge in [-0.2, -0.15) is 5.10 Å². The van der Waals surface area contributed by atoms with Gasteiger partial charge in [0.15, 0.2) is 5.76 Å². The second-order valence-corrected chi connectivity index (χ2v) is 5.22. The summed E-state index contributed by atoms with van der Waals surface area (Å²) in [5.74, 6) is -0.964. The number of furan rings is 1. The molecule has 1 atom stereocenters. The Morgan fingerprint density at radius 3 is 2.58 bits per heavy atom. The first-order valence-electron chi connectivity index (χ1n) is 6.92. The first kappa shape index (κ1) is 15.4. The van der Waals surface area contributed by atoms with Gasteiger partial charge in [0.25, 0.3) is 5.91 Å². The molecule has 1 saturated heterocycles. The van der Waals surface area contributed by atoms with E-state index in [1.54, 1.807) is 37.3 Å². The zero-order valence-electron chi connectivity index (χ0n) is 12.5. The zero-order chi connectivity index (χ0) is 17.3. The lowest BCUT2D eigenvalue weighted by atomic mass is 9.92. The van der Waals surface area contributed by atoms with Gasteiger partial charge in [-0.25, -0.2) is 4.79 Å². The van der Waals surface area contributed by atoms with Gasteiger partial charge in [0.1, 0.15) is 10.5 Å². The normalized spacial score (nSPS) is 20.6. The Hall–Kier alpha value is -3.49. The van der Waals surface area contributed by atoms with Gasteiger partial charge in [0, 0.05) is 0 Å². The Bertz CT molecular complexity index is 845. The average Bonchev–Trinajstić information content (AvgIpc) is 3.12. The number of nitrogens with one attached hydrogen (secondary N) is 1. The fraction of sp³-hybridized carbons (Fsp3) is 0.133. The molecule has 0 spiro atoms. The van der Waals surface area contributed by atoms with Gasteiger partial charge in [-0.3, -0.25) is 14.9 Å². The summed E-state index contributed by atoms with van der Waals surface area (Å²) in [7, 11) is 0. The van der Waals surface area contributed by atoms with Crippen molar-refractivity contribution in [1.29, 1.82) is 0 Å². The van der Waals surface area contributed by atoms with E-state index >= 15 is 0 Å². The summed E-state index contributed by atoms with van der Waals surface area (Å²) in [4.78, 5) is 34.5. The summed E-state index contributed by atoms with van der Waals surface area (Å²) in [5.41, 5.74) is -0.611. The fourth-order valence-corrected chi connectivity index (χ4v) is 2.32. The first-order valence-corrected chi connectivity index (χ1v) is 6.92. The van der Waals surface area contributed by atoms with E-state index in [0.29, 0.717) is 10.6 Å². The molecule has 0 saturated carbocycles. The number of imide groups is 1. The van der Waals surface area contributed by atoms with Crippen LogP contribution in [0.5, 0.6) is 0 Å². The number of urea groups is 1. The molecule has 122 valence electrons. The van der Waals surface area contributed by atoms with Crippen LogP contribution < -0.4 is 5.32 Å². The number of rotatable bonds is 4. The zero-order valence-corrected chi connectivity index (χ0v) is 12.5. The summed E-state index contributed by atoms with van der Waals surface area (Å²) < 4.78 is 4.89. The van der Waals surface area contributed by atoms with Crippen molar-refractivity contribution in [3.8, 4) is 0 Å². The lowest BCUT2D eigenvalue weighted by molar-refractivity contribution is -0.402. The van der Waals surface area contributed by atoms with Crippen molar-refractivity contribution in [3.05, 3.63) is 63.9 Å². The molecular weight excluding hydrogens is 316 g/mol. The summed E-state index contributed by atoms with van der Waals surface area (Å²) in [6.07, 6.45) is 1.07. The Balaban J connectivity index is 1.84. The smallest absolute Gasteiger partial charge is 0.400 e. The van der Waals surface area contributed by atoms with Crippen molar-refractivity contribution in [2.45, 2.75) is 12.5 Å². The summed E-state index contributed by atoms with van der Waals surface area (Å²) >= 11 is 0. The quantitative estimate of drug-likeness (QED) is 0.398. The van der Waals surface area contributed by atoms with Crippen molar-refractivity contribution in [2.75, 3.05) is 0 Å². The lowest BCUT2D eigenvalue weighted by Gasteiger charge is -2.20. The second-order valence-electron chi connectivity index (χ2n) is 5.22. The van der Waals surface area contributed by atoms with Crippen LogP contribution in [-0.2, 0) is 10.3 Å². The maximum atomic E-state index is 12.6. The SMILES string of the molecule is C[C@]1(c2ccccc2)NC(=O)N(/N=C\c2ccc([N+](=O)[O-])o2)C1=O. The molecular formula is C15H12N4O5. The van der Waals surface area contributed by atoms with Crippen LogP contribution in [0.4, 0.5) is 10.7 Å². The fourth-order valence-electron chi connectivity index (χ4n) is 2.32. The molecule has 0 unspecified atom stereocenters. The van der Waals surface area contributed by atoms with E-state index in [-0.39, 0.29) is 5.76 Å². The number of nitro groups is 1. The molecule has 3 rings (SSSR count). The summed E-state index contributed by atoms with van der Waals surface area (Å²) in [6, 6.07) is 10.5. The van der Waals surface area contributed by atoms with Crippen molar-refractivity contribution in [1.82, 2.24) is 10.3 Å². The monoisotopic (exact) mass is 328 g/mol. The number of nitrogens with zero attached hydrogens (tertiary/aromatic N) is 3. The van der Waals surface area contributed by atoms with Crippen molar-refractivity contribution in [2.24, 2.45) is 5.10 Å². The summed E-state index contributed by atoms with van der Waals surface area (Å²) in [6.45, 7) is 1.58. The molecule has 1 fully saturated rings. The van der Waals surface area contributed by atoms with Crippen LogP contribution in [0, 0.1) is 10.1 Å². The van der Waals surface area contributed by atoms with Gasteiger partial charge in [0.05, 0.1) is 12.3 Å². The van der Waals surface area contributed by atoms with E-state index < -0.39 is 28.3 Å². The van der Waals surface area contributed by atoms with Gasteiger partial charge in [0.2, 0.25) is 0 Å². The van der Waals surface area contributed by atoms with Crippen molar-refractivity contribution in [3.63, 3.8) is 0 Å². The topological polar surface area (TPSA) is 118 Å². The van der Waals surface area contributed by atoms with Crippen LogP contribution in [-0.4, -0.2) is 28.1 Å². The lowest BCUT2D eigenvalue weighted by Crippen LogP contribution is -2.40. The average molecular weight is 328 g/mol. The number of amides is 3. The van der Waals surface area contributed by atoms with Crippen molar-refractivity contribution < 1.29 is 18.9 Å². The first-order chi connectivity index (χ1) is 11.4. The van der Waals surface area contributed by atoms with E-state index in [1.807, 2.05) is 0 Å². The number of hydrazone groups is 1. The molecule has 24 heavy (non-hydrogen) atoms. The van der Waals surface area contributed by atoms with Crippen LogP contribution in [0.3, 0.4) is 0 Å². The van der Waals surface area contributed by atoms with Gasteiger partial charge in [-0.05, 0) is 18.6 Å². The van der Waals surface area contributed by atoms with Gasteiger partial charge < -0.3 is 9.73 Å². The van der Waals surface area contributed by atoms with Crippen LogP contribution in [0.1, 0.15) is 18.2 Å². The molecule has 2 aromatic rings. The molecule has 2 heterocycles. The number of hydrogen-bond donors (Lipinski definition) is 1. The van der Waals surface area contributed by atoms with E-state index in [9.17, 15) is 19.7 Å². The molecule has 9 heteroatoms. The largest absolute Gasteiger partial charge is 0.433 e. The minimum atomic E-state index is -1.23. The minimum Gasteiger partial charge on any atom is -0.400 e. The predicted molar refractivity (Wildman–Crippen MR) is 82.1 cm³/mol. The number of carbonyl (C=O) groups excluding carboxylic acids is 2. The minimum absolute atomic E-state index is 0.0515. The molecule has 0 radical (unpaired) electrons. The standard InChI is InChI=1S/C15H12N4O5/c1-15(10-5-3-2-4-6-10)13(20)18(14(21)17-15)16-9-11-7-8-12(24-11)19(22)23/h2-9H,1H3,(H,17,21)/b16-9-/t15-/m1/s1. The van der Waals surface area contributed by atoms with Crippen molar-refractivity contribution >= 4 is 24.0 Å². The Labute approximate surface area is 135 Å². The van der Waals surface area contributed by atoms with E-state index in [1.165, 1.54) is 6.07 Å². The maximum Gasteiger partial charge on any atom is 0.433 e. The highest BCUT2D eigenvalue weighted by Gasteiger charge is 2.49. The van der Waals surface area contributed by atoms with E-state index in [2.05, 4.69) is 10.4 Å². The highest BCUT2D eigenvalue weighted by molar-refractivity contribution is 6.07. The number of hydrogen-bond acceptors (Lipinski definition) is 6. The van der Waals surface area contributed by atoms with Crippen LogP contribution in [0.15, 0.2) is 52.0 Å². The molecule has 1 aromatic heterocycles. The molecule has 3 amide bonds. The summed E-state index contributed by atoms with van der Waals surface area (Å²) in [5, 5.41) is 17.6. The number of benzene rings is 1. The van der Waals surface area contributed by atoms with Gasteiger partial charge >= 0.3 is 11.9 Å². The Morgan fingerprint density at radius 2 is 1.96 bits per heavy atom. The van der Waals surface area contributed by atoms with Gasteiger partial charge in [-0.15, -0.1) is 5.01 Å². The third-order valence-electron chi connectivity index (χ3n) is 3.61. The number of carbonyl (C=O) groups is 2. The van der Waals surface area contributed by atoms with Crippen LogP contribution in [0.2, 0.25) is 0 Å². The van der Waals surface area contributed by atoms with Gasteiger partial charge in [-0.1, -0.05) is 30.3 Å². The molecule has 0 bridgehead atoms. The molecule has 1 aliphatic rings. The molecule has 9 nitrogen and oxygen atoms in total. The third-order valence-corrected chi connectivity index (χ3v) is 3.61. The van der Waals surface area contributed by atoms with E-state index in [4.69, 9.17) is 4.42 Å². The molecule has 1 aromatic carbocycles. The Morgan fingerprint density at radius 1 is 1.25 bits per heavy atom. The van der Waals surface area contributed by atoms with Crippen LogP contribution in [0.25, 0.3) is 0 Å². The molecule has 0 aliphatic carbocycles. The highest BCUT2D eigenvalue weighted by atomic mass is 16.6. The second kappa shape index (κ2) is 5.61. The highest BCUT2D eigenvalue weighted by Crippen LogP contribution is 2.28.